The van der Waals surface area contributed by atoms with Crippen molar-refractivity contribution < 1.29 is 18.0 Å². The molecule has 41 heavy (non-hydrogen) atoms. The Morgan fingerprint density at radius 3 is 2.37 bits per heavy atom. The molecular weight excluding hydrogens is 663 g/mol. The number of piperidine rings is 1. The molecule has 1 aliphatic carbocycles. The Kier molecular flexibility index (Phi) is 10.3. The molecule has 2 aliphatic heterocycles. The molecule has 1 spiro atoms. The van der Waals surface area contributed by atoms with Crippen molar-refractivity contribution in [1.29, 1.82) is 0 Å². The van der Waals surface area contributed by atoms with Gasteiger partial charge in [-0.25, -0.2) is 14.7 Å². The number of rotatable bonds is 9. The van der Waals surface area contributed by atoms with Crippen LogP contribution in [-0.2, 0) is 19.4 Å². The van der Waals surface area contributed by atoms with E-state index in [1.165, 1.54) is 4.31 Å². The second kappa shape index (κ2) is 13.3. The van der Waals surface area contributed by atoms with Gasteiger partial charge in [0, 0.05) is 43.1 Å². The average molecular weight is 705 g/mol. The van der Waals surface area contributed by atoms with Crippen molar-refractivity contribution in [1.82, 2.24) is 34.5 Å². The molecule has 1 aromatic rings. The van der Waals surface area contributed by atoms with Crippen LogP contribution in [0.1, 0.15) is 68.6 Å². The number of hydrogen-bond donors (Lipinski definition) is 5. The molecule has 228 valence electrons. The first-order valence-electron chi connectivity index (χ1n) is 14.2. The number of aliphatic imine (C=N–C) groups is 1. The van der Waals surface area contributed by atoms with Crippen LogP contribution in [0.15, 0.2) is 4.99 Å². The predicted octanol–water partition coefficient (Wildman–Crippen LogP) is 0.609. The molecule has 0 bridgehead atoms. The number of nitrogens with two attached hydrogens (primary N) is 2. The highest BCUT2D eigenvalue weighted by molar-refractivity contribution is 14.1. The number of aromatic nitrogens is 2. The minimum Gasteiger partial charge on any atom is -0.382 e. The number of halogens is 1. The van der Waals surface area contributed by atoms with E-state index >= 15 is 0 Å². The van der Waals surface area contributed by atoms with Crippen LogP contribution in [0.3, 0.4) is 0 Å². The van der Waals surface area contributed by atoms with Crippen LogP contribution in [0, 0.1) is 11.8 Å². The first-order chi connectivity index (χ1) is 19.5. The first kappa shape index (κ1) is 31.6. The average Bonchev–Trinajstić information content (AvgIpc) is 3.34. The van der Waals surface area contributed by atoms with E-state index in [1.54, 1.807) is 0 Å². The standard InChI is InChI=1S/C25H41IN10O4S/c1-3-36(4-2)41(39,40)30-14-16-5-7-17(8-6-16)23(38)35-11-9-25(10-12-35)15-29-24(34-25)33-22(37)19-21(28)32-20(27)18(13-26)31-19/h16-17,30H,3-15H2,1-2H3,(H4,27,28,32)(H2,29,33,34,37). The Hall–Kier alpha value is -2.31. The zero-order valence-corrected chi connectivity index (χ0v) is 26.6. The summed E-state index contributed by atoms with van der Waals surface area (Å²) in [6, 6.07) is 0. The lowest BCUT2D eigenvalue weighted by Crippen LogP contribution is -2.57. The number of guanidine groups is 1. The van der Waals surface area contributed by atoms with Gasteiger partial charge in [-0.1, -0.05) is 36.4 Å². The molecule has 0 aromatic carbocycles. The summed E-state index contributed by atoms with van der Waals surface area (Å²) < 4.78 is 29.5. The van der Waals surface area contributed by atoms with E-state index in [1.807, 2.05) is 18.7 Å². The van der Waals surface area contributed by atoms with Gasteiger partial charge in [-0.2, -0.15) is 12.7 Å². The van der Waals surface area contributed by atoms with Gasteiger partial charge in [-0.05, 0) is 44.4 Å². The highest BCUT2D eigenvalue weighted by atomic mass is 127. The predicted molar refractivity (Wildman–Crippen MR) is 165 cm³/mol. The SMILES string of the molecule is CCN(CC)S(=O)(=O)NCC1CCC(C(=O)N2CCC3(CC2)CN=C(NC(=O)c2nc(CI)c(N)nc2N)N3)CC1. The Morgan fingerprint density at radius 2 is 1.76 bits per heavy atom. The number of amides is 2. The number of nitrogens with one attached hydrogen (secondary N) is 3. The maximum atomic E-state index is 13.3. The third-order valence-corrected chi connectivity index (χ3v) is 10.8. The minimum absolute atomic E-state index is 0.00718. The van der Waals surface area contributed by atoms with Crippen molar-refractivity contribution in [2.75, 3.05) is 50.7 Å². The van der Waals surface area contributed by atoms with Gasteiger partial charge in [0.25, 0.3) is 16.1 Å². The van der Waals surface area contributed by atoms with Crippen molar-refractivity contribution in [3.63, 3.8) is 0 Å². The summed E-state index contributed by atoms with van der Waals surface area (Å²) in [5.74, 6) is 0.414. The second-order valence-electron chi connectivity index (χ2n) is 10.9. The molecule has 0 atom stereocenters. The fourth-order valence-electron chi connectivity index (χ4n) is 5.75. The van der Waals surface area contributed by atoms with Gasteiger partial charge in [-0.15, -0.1) is 0 Å². The van der Waals surface area contributed by atoms with Gasteiger partial charge in [0.2, 0.25) is 5.91 Å². The Bertz CT molecular complexity index is 1260. The molecule has 1 aromatic heterocycles. The lowest BCUT2D eigenvalue weighted by molar-refractivity contribution is -0.138. The molecule has 3 aliphatic rings. The number of nitrogens with zero attached hydrogens (tertiary/aromatic N) is 5. The molecule has 1 saturated carbocycles. The highest BCUT2D eigenvalue weighted by Gasteiger charge is 2.41. The van der Waals surface area contributed by atoms with Gasteiger partial charge in [0.05, 0.1) is 17.8 Å². The summed E-state index contributed by atoms with van der Waals surface area (Å²) in [6.07, 6.45) is 4.63. The number of anilines is 2. The molecule has 14 nitrogen and oxygen atoms in total. The zero-order chi connectivity index (χ0) is 29.8. The van der Waals surface area contributed by atoms with Crippen LogP contribution >= 0.6 is 22.6 Å². The van der Waals surface area contributed by atoms with Crippen LogP contribution in [0.25, 0.3) is 0 Å². The van der Waals surface area contributed by atoms with Crippen LogP contribution in [0.2, 0.25) is 0 Å². The Balaban J connectivity index is 1.22. The monoisotopic (exact) mass is 704 g/mol. The first-order valence-corrected chi connectivity index (χ1v) is 17.1. The van der Waals surface area contributed by atoms with Crippen LogP contribution < -0.4 is 26.8 Å². The Morgan fingerprint density at radius 1 is 1.10 bits per heavy atom. The van der Waals surface area contributed by atoms with Crippen LogP contribution in [0.5, 0.6) is 0 Å². The van der Waals surface area contributed by atoms with Crippen LogP contribution in [-0.4, -0.2) is 90.2 Å². The van der Waals surface area contributed by atoms with Crippen LogP contribution in [0.4, 0.5) is 11.6 Å². The molecule has 0 radical (unpaired) electrons. The van der Waals surface area contributed by atoms with Crippen molar-refractivity contribution >= 4 is 62.2 Å². The third-order valence-electron chi connectivity index (χ3n) is 8.35. The molecule has 4 rings (SSSR count). The van der Waals surface area contributed by atoms with Crippen molar-refractivity contribution in [3.05, 3.63) is 11.4 Å². The number of carbonyl (C=O) groups is 2. The number of hydrogen-bond acceptors (Lipinski definition) is 10. The van der Waals surface area contributed by atoms with E-state index in [9.17, 15) is 18.0 Å². The molecule has 2 amide bonds. The summed E-state index contributed by atoms with van der Waals surface area (Å²) in [4.78, 5) is 40.8. The molecule has 7 N–H and O–H groups in total. The topological polar surface area (TPSA) is 201 Å². The molecular formula is C25H41IN10O4S. The molecule has 0 unspecified atom stereocenters. The smallest absolute Gasteiger partial charge is 0.280 e. The van der Waals surface area contributed by atoms with E-state index in [0.29, 0.717) is 68.2 Å². The Labute approximate surface area is 255 Å². The van der Waals surface area contributed by atoms with E-state index in [4.69, 9.17) is 11.5 Å². The van der Waals surface area contributed by atoms with Crippen molar-refractivity contribution in [2.24, 2.45) is 16.8 Å². The van der Waals surface area contributed by atoms with E-state index in [0.717, 1.165) is 25.7 Å². The van der Waals surface area contributed by atoms with Crippen molar-refractivity contribution in [2.45, 2.75) is 62.3 Å². The molecule has 1 saturated heterocycles. The maximum absolute atomic E-state index is 13.3. The lowest BCUT2D eigenvalue weighted by atomic mass is 9.80. The molecule has 2 fully saturated rings. The quantitative estimate of drug-likeness (QED) is 0.180. The zero-order valence-electron chi connectivity index (χ0n) is 23.7. The van der Waals surface area contributed by atoms with Gasteiger partial charge in [0.1, 0.15) is 5.82 Å². The van der Waals surface area contributed by atoms with Crippen molar-refractivity contribution in [3.8, 4) is 0 Å². The number of nitrogen functional groups attached to an aromatic ring is 2. The number of carbonyl (C=O) groups excluding carboxylic acids is 2. The maximum Gasteiger partial charge on any atom is 0.280 e. The van der Waals surface area contributed by atoms with E-state index in [-0.39, 0.29) is 40.6 Å². The summed E-state index contributed by atoms with van der Waals surface area (Å²) >= 11 is 2.09. The summed E-state index contributed by atoms with van der Waals surface area (Å²) in [7, 11) is -3.46. The largest absolute Gasteiger partial charge is 0.382 e. The van der Waals surface area contributed by atoms with Gasteiger partial charge < -0.3 is 21.7 Å². The molecule has 16 heteroatoms. The summed E-state index contributed by atoms with van der Waals surface area (Å²) in [5, 5.41) is 6.11. The van der Waals surface area contributed by atoms with E-state index < -0.39 is 16.1 Å². The van der Waals surface area contributed by atoms with Gasteiger partial charge in [-0.3, -0.25) is 19.9 Å². The second-order valence-corrected chi connectivity index (χ2v) is 13.4. The molecule has 3 heterocycles. The fraction of sp³-hybridized carbons (Fsp3) is 0.720. The summed E-state index contributed by atoms with van der Waals surface area (Å²) in [6.45, 7) is 6.67. The third kappa shape index (κ3) is 7.37. The number of likely N-dealkylation sites (tertiary alicyclic amines) is 1. The highest BCUT2D eigenvalue weighted by Crippen LogP contribution is 2.32. The fourth-order valence-corrected chi connectivity index (χ4v) is 7.62. The minimum atomic E-state index is -3.46. The van der Waals surface area contributed by atoms with E-state index in [2.05, 4.69) is 52.9 Å². The summed E-state index contributed by atoms with van der Waals surface area (Å²) in [5.41, 5.74) is 11.9. The number of alkyl halides is 1. The van der Waals surface area contributed by atoms with Gasteiger partial charge in [0.15, 0.2) is 17.5 Å². The lowest BCUT2D eigenvalue weighted by Gasteiger charge is -2.41. The normalized spacial score (nSPS) is 22.4. The van der Waals surface area contributed by atoms with Gasteiger partial charge >= 0.3 is 0 Å².